The zero-order chi connectivity index (χ0) is 14.3. The summed E-state index contributed by atoms with van der Waals surface area (Å²) < 4.78 is 0. The maximum absolute atomic E-state index is 4.46. The van der Waals surface area contributed by atoms with Crippen LogP contribution in [0.4, 0.5) is 0 Å². The van der Waals surface area contributed by atoms with Crippen molar-refractivity contribution in [1.29, 1.82) is 0 Å². The standard InChI is InChI=1S/C14H23N3.C2H6/c1-11(2)13-8-15-14(16-9-13)10-17-6-4-12(3)5-7-17;1-2/h8-9,11-12H,4-7,10H2,1-3H3;1-2H3. The van der Waals surface area contributed by atoms with Gasteiger partial charge in [-0.1, -0.05) is 34.6 Å². The van der Waals surface area contributed by atoms with Gasteiger partial charge in [0.2, 0.25) is 0 Å². The van der Waals surface area contributed by atoms with Crippen molar-refractivity contribution in [3.05, 3.63) is 23.8 Å². The predicted molar refractivity (Wildman–Crippen MR) is 81.1 cm³/mol. The van der Waals surface area contributed by atoms with E-state index in [-0.39, 0.29) is 0 Å². The van der Waals surface area contributed by atoms with Crippen LogP contribution in [0.25, 0.3) is 0 Å². The van der Waals surface area contributed by atoms with Crippen LogP contribution in [-0.2, 0) is 6.54 Å². The Bertz CT molecular complexity index is 338. The van der Waals surface area contributed by atoms with Crippen molar-refractivity contribution in [1.82, 2.24) is 14.9 Å². The van der Waals surface area contributed by atoms with Crippen LogP contribution < -0.4 is 0 Å². The van der Waals surface area contributed by atoms with Crippen LogP contribution in [0, 0.1) is 5.92 Å². The topological polar surface area (TPSA) is 29.0 Å². The van der Waals surface area contributed by atoms with E-state index in [0.717, 1.165) is 18.3 Å². The first-order chi connectivity index (χ1) is 9.15. The van der Waals surface area contributed by atoms with E-state index in [1.807, 2.05) is 26.2 Å². The van der Waals surface area contributed by atoms with Gasteiger partial charge in [-0.25, -0.2) is 9.97 Å². The first kappa shape index (κ1) is 16.1. The molecule has 0 bridgehead atoms. The van der Waals surface area contributed by atoms with E-state index >= 15 is 0 Å². The third-order valence-corrected chi connectivity index (χ3v) is 3.63. The molecular formula is C16H29N3. The summed E-state index contributed by atoms with van der Waals surface area (Å²) in [5.41, 5.74) is 1.22. The number of hydrogen-bond acceptors (Lipinski definition) is 3. The van der Waals surface area contributed by atoms with Crippen LogP contribution >= 0.6 is 0 Å². The van der Waals surface area contributed by atoms with Crippen molar-refractivity contribution in [2.75, 3.05) is 13.1 Å². The summed E-state index contributed by atoms with van der Waals surface area (Å²) in [6, 6.07) is 0. The van der Waals surface area contributed by atoms with Gasteiger partial charge in [-0.2, -0.15) is 0 Å². The number of aromatic nitrogens is 2. The molecule has 0 unspecified atom stereocenters. The Morgan fingerprint density at radius 3 is 2.16 bits per heavy atom. The summed E-state index contributed by atoms with van der Waals surface area (Å²) in [7, 11) is 0. The second-order valence-electron chi connectivity index (χ2n) is 5.55. The third-order valence-electron chi connectivity index (χ3n) is 3.63. The average Bonchev–Trinajstić information content (AvgIpc) is 2.44. The van der Waals surface area contributed by atoms with E-state index in [1.165, 1.54) is 31.5 Å². The van der Waals surface area contributed by atoms with Gasteiger partial charge in [0, 0.05) is 12.4 Å². The van der Waals surface area contributed by atoms with Gasteiger partial charge in [0.05, 0.1) is 6.54 Å². The van der Waals surface area contributed by atoms with Gasteiger partial charge in [-0.3, -0.25) is 4.90 Å². The molecule has 0 atom stereocenters. The van der Waals surface area contributed by atoms with Gasteiger partial charge in [0.1, 0.15) is 5.82 Å². The van der Waals surface area contributed by atoms with E-state index in [2.05, 4.69) is 35.6 Å². The molecule has 0 aliphatic carbocycles. The maximum Gasteiger partial charge on any atom is 0.142 e. The van der Waals surface area contributed by atoms with Gasteiger partial charge in [0.25, 0.3) is 0 Å². The Hall–Kier alpha value is -0.960. The molecule has 3 heteroatoms. The minimum atomic E-state index is 0.514. The highest BCUT2D eigenvalue weighted by Crippen LogP contribution is 2.17. The molecule has 0 radical (unpaired) electrons. The molecule has 0 spiro atoms. The molecule has 0 saturated carbocycles. The molecule has 1 saturated heterocycles. The smallest absolute Gasteiger partial charge is 0.142 e. The molecule has 2 rings (SSSR count). The number of hydrogen-bond donors (Lipinski definition) is 0. The SMILES string of the molecule is CC.CC1CCN(Cc2ncc(C(C)C)cn2)CC1. The molecule has 1 aliphatic rings. The second kappa shape index (κ2) is 8.26. The lowest BCUT2D eigenvalue weighted by molar-refractivity contribution is 0.181. The number of likely N-dealkylation sites (tertiary alicyclic amines) is 1. The van der Waals surface area contributed by atoms with Gasteiger partial charge in [0.15, 0.2) is 0 Å². The molecule has 0 amide bonds. The normalized spacial score (nSPS) is 17.2. The quantitative estimate of drug-likeness (QED) is 0.829. The summed E-state index contributed by atoms with van der Waals surface area (Å²) >= 11 is 0. The van der Waals surface area contributed by atoms with Crippen molar-refractivity contribution in [2.24, 2.45) is 5.92 Å². The van der Waals surface area contributed by atoms with Crippen molar-refractivity contribution in [3.8, 4) is 0 Å². The molecule has 1 aliphatic heterocycles. The Balaban J connectivity index is 0.000000861. The molecule has 1 aromatic heterocycles. The first-order valence-electron chi connectivity index (χ1n) is 7.68. The predicted octanol–water partition coefficient (Wildman–Crippen LogP) is 3.86. The second-order valence-corrected chi connectivity index (χ2v) is 5.55. The lowest BCUT2D eigenvalue weighted by Crippen LogP contribution is -2.32. The van der Waals surface area contributed by atoms with Crippen molar-refractivity contribution < 1.29 is 0 Å². The highest BCUT2D eigenvalue weighted by Gasteiger charge is 2.16. The molecule has 0 N–H and O–H groups in total. The summed E-state index contributed by atoms with van der Waals surface area (Å²) in [4.78, 5) is 11.4. The van der Waals surface area contributed by atoms with Crippen LogP contribution in [0.15, 0.2) is 12.4 Å². The fourth-order valence-electron chi connectivity index (χ4n) is 2.16. The van der Waals surface area contributed by atoms with Gasteiger partial charge in [-0.15, -0.1) is 0 Å². The molecule has 1 fully saturated rings. The highest BCUT2D eigenvalue weighted by molar-refractivity contribution is 5.09. The van der Waals surface area contributed by atoms with E-state index in [0.29, 0.717) is 5.92 Å². The Morgan fingerprint density at radius 2 is 1.68 bits per heavy atom. The highest BCUT2D eigenvalue weighted by atomic mass is 15.1. The minimum Gasteiger partial charge on any atom is -0.296 e. The summed E-state index contributed by atoms with van der Waals surface area (Å²) in [6.07, 6.45) is 6.56. The Morgan fingerprint density at radius 1 is 1.16 bits per heavy atom. The molecule has 1 aromatic rings. The number of rotatable bonds is 3. The molecule has 108 valence electrons. The van der Waals surface area contributed by atoms with E-state index in [4.69, 9.17) is 0 Å². The fraction of sp³-hybridized carbons (Fsp3) is 0.750. The molecule has 3 nitrogen and oxygen atoms in total. The van der Waals surface area contributed by atoms with Crippen LogP contribution in [0.3, 0.4) is 0 Å². The van der Waals surface area contributed by atoms with Crippen LogP contribution in [0.5, 0.6) is 0 Å². The first-order valence-corrected chi connectivity index (χ1v) is 7.68. The van der Waals surface area contributed by atoms with Gasteiger partial charge in [-0.05, 0) is 43.3 Å². The molecule has 2 heterocycles. The number of nitrogens with zero attached hydrogens (tertiary/aromatic N) is 3. The number of piperidine rings is 1. The van der Waals surface area contributed by atoms with Crippen molar-refractivity contribution >= 4 is 0 Å². The molecule has 19 heavy (non-hydrogen) atoms. The lowest BCUT2D eigenvalue weighted by Gasteiger charge is -2.29. The van der Waals surface area contributed by atoms with Gasteiger partial charge >= 0.3 is 0 Å². The third kappa shape index (κ3) is 5.27. The summed E-state index contributed by atoms with van der Waals surface area (Å²) in [5.74, 6) is 2.36. The average molecular weight is 263 g/mol. The largest absolute Gasteiger partial charge is 0.296 e. The maximum atomic E-state index is 4.46. The minimum absolute atomic E-state index is 0.514. The van der Waals surface area contributed by atoms with E-state index in [9.17, 15) is 0 Å². The van der Waals surface area contributed by atoms with Crippen LogP contribution in [0.1, 0.15) is 64.8 Å². The van der Waals surface area contributed by atoms with Crippen LogP contribution in [-0.4, -0.2) is 28.0 Å². The van der Waals surface area contributed by atoms with Crippen molar-refractivity contribution in [2.45, 2.75) is 59.9 Å². The Kier molecular flexibility index (Phi) is 7.00. The lowest BCUT2D eigenvalue weighted by atomic mass is 9.99. The zero-order valence-corrected chi connectivity index (χ0v) is 13.2. The van der Waals surface area contributed by atoms with Crippen LogP contribution in [0.2, 0.25) is 0 Å². The molecule has 0 aromatic carbocycles. The van der Waals surface area contributed by atoms with E-state index < -0.39 is 0 Å². The molecular weight excluding hydrogens is 234 g/mol. The van der Waals surface area contributed by atoms with Crippen molar-refractivity contribution in [3.63, 3.8) is 0 Å². The Labute approximate surface area is 118 Å². The fourth-order valence-corrected chi connectivity index (χ4v) is 2.16. The summed E-state index contributed by atoms with van der Waals surface area (Å²) in [6.45, 7) is 14.0. The summed E-state index contributed by atoms with van der Waals surface area (Å²) in [5, 5.41) is 0. The van der Waals surface area contributed by atoms with Gasteiger partial charge < -0.3 is 0 Å². The van der Waals surface area contributed by atoms with E-state index in [1.54, 1.807) is 0 Å². The monoisotopic (exact) mass is 263 g/mol. The zero-order valence-electron chi connectivity index (χ0n) is 13.2.